The maximum absolute atomic E-state index is 11.8. The summed E-state index contributed by atoms with van der Waals surface area (Å²) in [6, 6.07) is 5.40. The molecular formula is C9H8BrN3O4S. The molecule has 0 heterocycles. The van der Waals surface area contributed by atoms with E-state index in [0.29, 0.717) is 4.47 Å². The summed E-state index contributed by atoms with van der Waals surface area (Å²) in [6.07, 6.45) is -0.0129. The highest BCUT2D eigenvalue weighted by atomic mass is 79.9. The van der Waals surface area contributed by atoms with Crippen LogP contribution in [0.5, 0.6) is 0 Å². The van der Waals surface area contributed by atoms with Crippen LogP contribution in [-0.4, -0.2) is 19.9 Å². The Kier molecular flexibility index (Phi) is 4.77. The van der Waals surface area contributed by atoms with E-state index in [4.69, 9.17) is 5.26 Å². The van der Waals surface area contributed by atoms with Crippen LogP contribution in [0.25, 0.3) is 0 Å². The number of rotatable bonds is 5. The molecular weight excluding hydrogens is 326 g/mol. The van der Waals surface area contributed by atoms with Crippen LogP contribution in [0.4, 0.5) is 5.69 Å². The van der Waals surface area contributed by atoms with E-state index in [9.17, 15) is 18.5 Å². The third-order valence-corrected chi connectivity index (χ3v) is 3.92. The van der Waals surface area contributed by atoms with Crippen LogP contribution in [-0.2, 0) is 10.0 Å². The number of halogens is 1. The van der Waals surface area contributed by atoms with Crippen molar-refractivity contribution in [2.75, 3.05) is 6.54 Å². The number of nitrogens with zero attached hydrogens (tertiary/aromatic N) is 2. The lowest BCUT2D eigenvalue weighted by molar-refractivity contribution is -0.387. The van der Waals surface area contributed by atoms with E-state index in [1.807, 2.05) is 0 Å². The van der Waals surface area contributed by atoms with Gasteiger partial charge in [0.05, 0.1) is 11.0 Å². The molecule has 96 valence electrons. The highest BCUT2D eigenvalue weighted by Gasteiger charge is 2.25. The molecule has 7 nitrogen and oxygen atoms in total. The number of nitro groups is 1. The number of nitriles is 1. The minimum absolute atomic E-state index is 0.0129. The van der Waals surface area contributed by atoms with Gasteiger partial charge in [-0.1, -0.05) is 15.9 Å². The maximum atomic E-state index is 11.8. The Labute approximate surface area is 112 Å². The fourth-order valence-corrected chi connectivity index (χ4v) is 2.91. The Hall–Kier alpha value is -1.50. The smallest absolute Gasteiger partial charge is 0.258 e. The van der Waals surface area contributed by atoms with Gasteiger partial charge in [-0.2, -0.15) is 5.26 Å². The van der Waals surface area contributed by atoms with E-state index < -0.39 is 25.5 Å². The zero-order valence-electron chi connectivity index (χ0n) is 8.96. The maximum Gasteiger partial charge on any atom is 0.289 e. The number of hydrogen-bond donors (Lipinski definition) is 1. The van der Waals surface area contributed by atoms with E-state index in [1.54, 1.807) is 6.07 Å². The van der Waals surface area contributed by atoms with E-state index >= 15 is 0 Å². The second-order valence-corrected chi connectivity index (χ2v) is 5.83. The predicted octanol–water partition coefficient (Wildman–Crippen LogP) is 1.55. The summed E-state index contributed by atoms with van der Waals surface area (Å²) in [6.45, 7) is -0.0947. The van der Waals surface area contributed by atoms with Gasteiger partial charge in [0, 0.05) is 23.5 Å². The lowest BCUT2D eigenvalue weighted by Crippen LogP contribution is -2.25. The van der Waals surface area contributed by atoms with E-state index in [-0.39, 0.29) is 13.0 Å². The Balaban J connectivity index is 3.19. The topological polar surface area (TPSA) is 113 Å². The quantitative estimate of drug-likeness (QED) is 0.499. The summed E-state index contributed by atoms with van der Waals surface area (Å²) in [5.74, 6) is 0. The number of benzene rings is 1. The molecule has 0 spiro atoms. The Morgan fingerprint density at radius 3 is 2.72 bits per heavy atom. The van der Waals surface area contributed by atoms with Crippen LogP contribution < -0.4 is 4.72 Å². The minimum Gasteiger partial charge on any atom is -0.258 e. The zero-order valence-corrected chi connectivity index (χ0v) is 11.4. The molecule has 0 aliphatic rings. The van der Waals surface area contributed by atoms with Crippen molar-refractivity contribution >= 4 is 31.6 Å². The van der Waals surface area contributed by atoms with Crippen LogP contribution >= 0.6 is 15.9 Å². The van der Waals surface area contributed by atoms with Gasteiger partial charge in [-0.05, 0) is 12.1 Å². The standard InChI is InChI=1S/C9H8BrN3O4S/c10-7-2-3-8(13(14)15)9(6-7)18(16,17)12-5-1-4-11/h2-3,6,12H,1,5H2. The van der Waals surface area contributed by atoms with Gasteiger partial charge in [-0.3, -0.25) is 10.1 Å². The van der Waals surface area contributed by atoms with Crippen LogP contribution in [0.2, 0.25) is 0 Å². The number of nitrogens with one attached hydrogen (secondary N) is 1. The first kappa shape index (κ1) is 14.6. The molecule has 0 unspecified atom stereocenters. The first-order valence-electron chi connectivity index (χ1n) is 4.69. The fourth-order valence-electron chi connectivity index (χ4n) is 1.17. The Morgan fingerprint density at radius 2 is 2.17 bits per heavy atom. The second kappa shape index (κ2) is 5.90. The molecule has 1 rings (SSSR count). The van der Waals surface area contributed by atoms with Gasteiger partial charge in [0.25, 0.3) is 5.69 Å². The molecule has 0 radical (unpaired) electrons. The molecule has 0 atom stereocenters. The van der Waals surface area contributed by atoms with Crippen molar-refractivity contribution in [1.82, 2.24) is 4.72 Å². The van der Waals surface area contributed by atoms with Gasteiger partial charge in [0.1, 0.15) is 0 Å². The Morgan fingerprint density at radius 1 is 1.50 bits per heavy atom. The third-order valence-electron chi connectivity index (χ3n) is 1.94. The highest BCUT2D eigenvalue weighted by Crippen LogP contribution is 2.26. The van der Waals surface area contributed by atoms with Crippen molar-refractivity contribution in [2.45, 2.75) is 11.3 Å². The predicted molar refractivity (Wildman–Crippen MR) is 66.2 cm³/mol. The molecule has 0 aliphatic heterocycles. The van der Waals surface area contributed by atoms with E-state index in [2.05, 4.69) is 20.7 Å². The largest absolute Gasteiger partial charge is 0.289 e. The molecule has 1 N–H and O–H groups in total. The number of hydrogen-bond acceptors (Lipinski definition) is 5. The first-order chi connectivity index (χ1) is 8.38. The summed E-state index contributed by atoms with van der Waals surface area (Å²) in [5, 5.41) is 19.1. The summed E-state index contributed by atoms with van der Waals surface area (Å²) < 4.78 is 26.2. The molecule has 1 aromatic rings. The molecule has 0 aliphatic carbocycles. The van der Waals surface area contributed by atoms with Gasteiger partial charge in [-0.25, -0.2) is 13.1 Å². The van der Waals surface area contributed by atoms with Crippen molar-refractivity contribution in [1.29, 1.82) is 5.26 Å². The second-order valence-electron chi connectivity index (χ2n) is 3.18. The lowest BCUT2D eigenvalue weighted by atomic mass is 10.3. The van der Waals surface area contributed by atoms with Crippen molar-refractivity contribution in [3.05, 3.63) is 32.8 Å². The van der Waals surface area contributed by atoms with Crippen LogP contribution in [0.3, 0.4) is 0 Å². The molecule has 9 heteroatoms. The summed E-state index contributed by atoms with van der Waals surface area (Å²) in [7, 11) is -4.00. The van der Waals surface area contributed by atoms with E-state index in [1.165, 1.54) is 6.07 Å². The van der Waals surface area contributed by atoms with Gasteiger partial charge in [-0.15, -0.1) is 0 Å². The molecule has 0 saturated heterocycles. The van der Waals surface area contributed by atoms with Crippen molar-refractivity contribution in [2.24, 2.45) is 0 Å². The Bertz CT molecular complexity index is 609. The molecule has 0 aromatic heterocycles. The van der Waals surface area contributed by atoms with Gasteiger partial charge in [0.2, 0.25) is 10.0 Å². The average molecular weight is 334 g/mol. The summed E-state index contributed by atoms with van der Waals surface area (Å²) >= 11 is 3.05. The van der Waals surface area contributed by atoms with Crippen molar-refractivity contribution < 1.29 is 13.3 Å². The van der Waals surface area contributed by atoms with Crippen molar-refractivity contribution in [3.8, 4) is 6.07 Å². The molecule has 18 heavy (non-hydrogen) atoms. The molecule has 0 saturated carbocycles. The third kappa shape index (κ3) is 3.49. The van der Waals surface area contributed by atoms with Gasteiger partial charge in [0.15, 0.2) is 4.90 Å². The molecule has 0 amide bonds. The van der Waals surface area contributed by atoms with Gasteiger partial charge < -0.3 is 0 Å². The van der Waals surface area contributed by atoms with Crippen LogP contribution in [0.1, 0.15) is 6.42 Å². The van der Waals surface area contributed by atoms with E-state index in [0.717, 1.165) is 12.1 Å². The van der Waals surface area contributed by atoms with Crippen LogP contribution in [0.15, 0.2) is 27.6 Å². The number of sulfonamides is 1. The minimum atomic E-state index is -4.00. The first-order valence-corrected chi connectivity index (χ1v) is 6.96. The van der Waals surface area contributed by atoms with Crippen LogP contribution in [0, 0.1) is 21.4 Å². The normalized spacial score (nSPS) is 10.9. The summed E-state index contributed by atoms with van der Waals surface area (Å²) in [4.78, 5) is 9.55. The highest BCUT2D eigenvalue weighted by molar-refractivity contribution is 9.10. The monoisotopic (exact) mass is 333 g/mol. The molecule has 1 aromatic carbocycles. The average Bonchev–Trinajstić information content (AvgIpc) is 2.28. The van der Waals surface area contributed by atoms with Crippen molar-refractivity contribution in [3.63, 3.8) is 0 Å². The zero-order chi connectivity index (χ0) is 13.8. The number of nitro benzene ring substituents is 1. The fraction of sp³-hybridized carbons (Fsp3) is 0.222. The van der Waals surface area contributed by atoms with Gasteiger partial charge >= 0.3 is 0 Å². The SMILES string of the molecule is N#CCCNS(=O)(=O)c1cc(Br)ccc1[N+](=O)[O-]. The molecule has 0 fully saturated rings. The molecule has 0 bridgehead atoms. The summed E-state index contributed by atoms with van der Waals surface area (Å²) in [5.41, 5.74) is -0.511. The lowest BCUT2D eigenvalue weighted by Gasteiger charge is -2.06.